The molecule has 0 spiro atoms. The van der Waals surface area contributed by atoms with Crippen molar-refractivity contribution in [2.24, 2.45) is 0 Å². The number of hydrogen-bond acceptors (Lipinski definition) is 3. The third-order valence-corrected chi connectivity index (χ3v) is 3.69. The third-order valence-electron chi connectivity index (χ3n) is 2.25. The van der Waals surface area contributed by atoms with Gasteiger partial charge in [-0.25, -0.2) is 17.9 Å². The average molecular weight is 269 g/mol. The first-order valence-electron chi connectivity index (χ1n) is 5.29. The Kier molecular flexibility index (Phi) is 4.63. The smallest absolute Gasteiger partial charge is 0.335 e. The molecule has 1 rings (SSSR count). The zero-order valence-electron chi connectivity index (χ0n) is 9.96. The first kappa shape index (κ1) is 14.4. The van der Waals surface area contributed by atoms with Gasteiger partial charge in [0.05, 0.1) is 11.3 Å². The van der Waals surface area contributed by atoms with Gasteiger partial charge >= 0.3 is 5.97 Å². The van der Waals surface area contributed by atoms with Crippen LogP contribution in [0.2, 0.25) is 0 Å². The second-order valence-electron chi connectivity index (χ2n) is 3.91. The molecule has 0 radical (unpaired) electrons. The van der Waals surface area contributed by atoms with E-state index in [1.165, 1.54) is 24.3 Å². The molecule has 1 atom stereocenters. The molecule has 6 heteroatoms. The molecule has 1 aromatic rings. The van der Waals surface area contributed by atoms with Gasteiger partial charge in [0.25, 0.3) is 0 Å². The van der Waals surface area contributed by atoms with E-state index in [1.807, 2.05) is 0 Å². The van der Waals surface area contributed by atoms with Crippen LogP contribution in [0.3, 0.4) is 0 Å². The SMILES string of the molecule is C=CC(C)NS(=O)(=O)Cc1cccc(C(=O)O)c1. The van der Waals surface area contributed by atoms with Crippen LogP contribution in [0.1, 0.15) is 22.8 Å². The highest BCUT2D eigenvalue weighted by molar-refractivity contribution is 7.88. The molecule has 1 aromatic carbocycles. The van der Waals surface area contributed by atoms with Crippen LogP contribution >= 0.6 is 0 Å². The summed E-state index contributed by atoms with van der Waals surface area (Å²) in [5.41, 5.74) is 0.498. The van der Waals surface area contributed by atoms with Crippen LogP contribution < -0.4 is 4.72 Å². The molecular weight excluding hydrogens is 254 g/mol. The predicted octanol–water partition coefficient (Wildman–Crippen LogP) is 1.38. The highest BCUT2D eigenvalue weighted by atomic mass is 32.2. The van der Waals surface area contributed by atoms with Crippen LogP contribution in [-0.4, -0.2) is 25.5 Å². The Morgan fingerprint density at radius 1 is 1.56 bits per heavy atom. The zero-order chi connectivity index (χ0) is 13.8. The maximum Gasteiger partial charge on any atom is 0.335 e. The molecule has 98 valence electrons. The fourth-order valence-corrected chi connectivity index (χ4v) is 2.75. The third kappa shape index (κ3) is 4.31. The van der Waals surface area contributed by atoms with Crippen molar-refractivity contribution in [3.8, 4) is 0 Å². The number of rotatable bonds is 6. The second kappa shape index (κ2) is 5.79. The van der Waals surface area contributed by atoms with Crippen LogP contribution in [0.5, 0.6) is 0 Å². The number of sulfonamides is 1. The molecule has 0 heterocycles. The molecule has 0 saturated carbocycles. The summed E-state index contributed by atoms with van der Waals surface area (Å²) >= 11 is 0. The van der Waals surface area contributed by atoms with Gasteiger partial charge in [-0.05, 0) is 24.6 Å². The quantitative estimate of drug-likeness (QED) is 0.764. The number of carbonyl (C=O) groups is 1. The fraction of sp³-hybridized carbons (Fsp3) is 0.250. The lowest BCUT2D eigenvalue weighted by Crippen LogP contribution is -2.32. The molecule has 5 nitrogen and oxygen atoms in total. The summed E-state index contributed by atoms with van der Waals surface area (Å²) in [5, 5.41) is 8.81. The summed E-state index contributed by atoms with van der Waals surface area (Å²) in [7, 11) is -3.50. The Bertz CT molecular complexity index is 551. The van der Waals surface area contributed by atoms with Crippen molar-refractivity contribution in [2.75, 3.05) is 0 Å². The molecule has 0 fully saturated rings. The van der Waals surface area contributed by atoms with Crippen molar-refractivity contribution in [1.82, 2.24) is 4.72 Å². The summed E-state index contributed by atoms with van der Waals surface area (Å²) in [6, 6.07) is 5.49. The van der Waals surface area contributed by atoms with E-state index >= 15 is 0 Å². The van der Waals surface area contributed by atoms with Gasteiger partial charge in [-0.15, -0.1) is 6.58 Å². The first-order chi connectivity index (χ1) is 8.34. The molecule has 0 saturated heterocycles. The van der Waals surface area contributed by atoms with Crippen LogP contribution in [0.15, 0.2) is 36.9 Å². The molecule has 0 aliphatic rings. The summed E-state index contributed by atoms with van der Waals surface area (Å²) < 4.78 is 25.9. The molecule has 0 aromatic heterocycles. The monoisotopic (exact) mass is 269 g/mol. The minimum absolute atomic E-state index is 0.0690. The van der Waals surface area contributed by atoms with Gasteiger partial charge < -0.3 is 5.11 Å². The first-order valence-corrected chi connectivity index (χ1v) is 6.94. The summed E-state index contributed by atoms with van der Waals surface area (Å²) in [6.45, 7) is 5.15. The van der Waals surface area contributed by atoms with Gasteiger partial charge in [-0.1, -0.05) is 18.2 Å². The lowest BCUT2D eigenvalue weighted by atomic mass is 10.1. The molecule has 0 bridgehead atoms. The van der Waals surface area contributed by atoms with Gasteiger partial charge in [-0.3, -0.25) is 0 Å². The Hall–Kier alpha value is -1.66. The average Bonchev–Trinajstić information content (AvgIpc) is 2.27. The van der Waals surface area contributed by atoms with E-state index in [-0.39, 0.29) is 17.4 Å². The number of hydrogen-bond donors (Lipinski definition) is 2. The predicted molar refractivity (Wildman–Crippen MR) is 68.8 cm³/mol. The topological polar surface area (TPSA) is 83.5 Å². The van der Waals surface area contributed by atoms with E-state index in [4.69, 9.17) is 5.11 Å². The molecule has 0 aliphatic carbocycles. The van der Waals surface area contributed by atoms with Crippen molar-refractivity contribution in [1.29, 1.82) is 0 Å². The van der Waals surface area contributed by atoms with Crippen molar-refractivity contribution in [2.45, 2.75) is 18.7 Å². The summed E-state index contributed by atoms with van der Waals surface area (Å²) in [4.78, 5) is 10.8. The standard InChI is InChI=1S/C12H15NO4S/c1-3-9(2)13-18(16,17)8-10-5-4-6-11(7-10)12(14)15/h3-7,9,13H,1,8H2,2H3,(H,14,15). The van der Waals surface area contributed by atoms with E-state index in [0.717, 1.165) is 0 Å². The Morgan fingerprint density at radius 2 is 2.22 bits per heavy atom. The van der Waals surface area contributed by atoms with Crippen LogP contribution in [0, 0.1) is 0 Å². The van der Waals surface area contributed by atoms with Crippen LogP contribution in [-0.2, 0) is 15.8 Å². The largest absolute Gasteiger partial charge is 0.478 e. The number of nitrogens with one attached hydrogen (secondary N) is 1. The zero-order valence-corrected chi connectivity index (χ0v) is 10.8. The van der Waals surface area contributed by atoms with E-state index in [9.17, 15) is 13.2 Å². The van der Waals surface area contributed by atoms with Gasteiger partial charge in [0.2, 0.25) is 10.0 Å². The lowest BCUT2D eigenvalue weighted by molar-refractivity contribution is 0.0696. The maximum atomic E-state index is 11.7. The molecule has 0 aliphatic heterocycles. The minimum Gasteiger partial charge on any atom is -0.478 e. The normalized spacial score (nSPS) is 12.9. The summed E-state index contributed by atoms with van der Waals surface area (Å²) in [5.74, 6) is -1.34. The highest BCUT2D eigenvalue weighted by Crippen LogP contribution is 2.09. The molecule has 0 amide bonds. The molecule has 18 heavy (non-hydrogen) atoms. The maximum absolute atomic E-state index is 11.7. The second-order valence-corrected chi connectivity index (χ2v) is 5.66. The fourth-order valence-electron chi connectivity index (χ4n) is 1.39. The number of aromatic carboxylic acids is 1. The van der Waals surface area contributed by atoms with Crippen molar-refractivity contribution in [3.63, 3.8) is 0 Å². The molecular formula is C12H15NO4S. The Balaban J connectivity index is 2.87. The summed E-state index contributed by atoms with van der Waals surface area (Å²) in [6.07, 6.45) is 1.48. The van der Waals surface area contributed by atoms with E-state index < -0.39 is 16.0 Å². The van der Waals surface area contributed by atoms with Gasteiger partial charge in [0, 0.05) is 6.04 Å². The van der Waals surface area contributed by atoms with Crippen molar-refractivity contribution >= 4 is 16.0 Å². The number of carboxylic acids is 1. The van der Waals surface area contributed by atoms with Crippen LogP contribution in [0.25, 0.3) is 0 Å². The van der Waals surface area contributed by atoms with Crippen molar-refractivity contribution in [3.05, 3.63) is 48.0 Å². The number of benzene rings is 1. The Morgan fingerprint density at radius 3 is 2.78 bits per heavy atom. The number of carboxylic acid groups (broad SMARTS) is 1. The molecule has 1 unspecified atom stereocenters. The Labute approximate surface area is 106 Å². The van der Waals surface area contributed by atoms with E-state index in [1.54, 1.807) is 13.0 Å². The lowest BCUT2D eigenvalue weighted by Gasteiger charge is -2.10. The minimum atomic E-state index is -3.50. The highest BCUT2D eigenvalue weighted by Gasteiger charge is 2.14. The van der Waals surface area contributed by atoms with E-state index in [2.05, 4.69) is 11.3 Å². The van der Waals surface area contributed by atoms with Crippen molar-refractivity contribution < 1.29 is 18.3 Å². The van der Waals surface area contributed by atoms with Gasteiger partial charge in [0.15, 0.2) is 0 Å². The molecule has 2 N–H and O–H groups in total. The van der Waals surface area contributed by atoms with E-state index in [0.29, 0.717) is 5.56 Å². The van der Waals surface area contributed by atoms with Crippen LogP contribution in [0.4, 0.5) is 0 Å². The van der Waals surface area contributed by atoms with Gasteiger partial charge in [-0.2, -0.15) is 0 Å². The van der Waals surface area contributed by atoms with Gasteiger partial charge in [0.1, 0.15) is 0 Å².